The minimum absolute atomic E-state index is 0.0481. The highest BCUT2D eigenvalue weighted by Crippen LogP contribution is 2.22. The van der Waals surface area contributed by atoms with Gasteiger partial charge in [-0.2, -0.15) is 0 Å². The lowest BCUT2D eigenvalue weighted by Crippen LogP contribution is -2.29. The third-order valence-corrected chi connectivity index (χ3v) is 4.00. The summed E-state index contributed by atoms with van der Waals surface area (Å²) in [6.07, 6.45) is 7.72. The second kappa shape index (κ2) is 6.39. The van der Waals surface area contributed by atoms with E-state index in [2.05, 4.69) is 33.4 Å². The SMILES string of the molecule is O=C(NCC1CC=CCC1)c1ccc(Cl)cc1Br. The summed E-state index contributed by atoms with van der Waals surface area (Å²) in [5.74, 6) is 0.512. The summed E-state index contributed by atoms with van der Waals surface area (Å²) in [4.78, 5) is 12.0. The lowest BCUT2D eigenvalue weighted by molar-refractivity contribution is 0.0945. The highest BCUT2D eigenvalue weighted by molar-refractivity contribution is 9.10. The van der Waals surface area contributed by atoms with Gasteiger partial charge in [0.1, 0.15) is 0 Å². The van der Waals surface area contributed by atoms with Gasteiger partial charge in [-0.05, 0) is 59.3 Å². The van der Waals surface area contributed by atoms with Gasteiger partial charge in [0.2, 0.25) is 0 Å². The largest absolute Gasteiger partial charge is 0.352 e. The van der Waals surface area contributed by atoms with Crippen LogP contribution in [-0.2, 0) is 0 Å². The Hall–Kier alpha value is -0.800. The van der Waals surface area contributed by atoms with Crippen molar-refractivity contribution in [1.29, 1.82) is 0 Å². The number of halogens is 2. The van der Waals surface area contributed by atoms with Crippen molar-refractivity contribution in [1.82, 2.24) is 5.32 Å². The number of hydrogen-bond donors (Lipinski definition) is 1. The summed E-state index contributed by atoms with van der Waals surface area (Å²) in [6.45, 7) is 0.734. The second-order valence-corrected chi connectivity index (χ2v) is 5.78. The summed E-state index contributed by atoms with van der Waals surface area (Å²) in [6, 6.07) is 5.20. The third kappa shape index (κ3) is 3.59. The number of allylic oxidation sites excluding steroid dienone is 2. The summed E-state index contributed by atoms with van der Waals surface area (Å²) in [7, 11) is 0. The molecular weight excluding hydrogens is 314 g/mol. The monoisotopic (exact) mass is 327 g/mol. The predicted octanol–water partition coefficient (Wildman–Crippen LogP) is 4.19. The number of rotatable bonds is 3. The topological polar surface area (TPSA) is 29.1 Å². The van der Waals surface area contributed by atoms with Gasteiger partial charge >= 0.3 is 0 Å². The van der Waals surface area contributed by atoms with Crippen LogP contribution in [0.1, 0.15) is 29.6 Å². The number of amides is 1. The molecule has 1 unspecified atom stereocenters. The van der Waals surface area contributed by atoms with Crippen molar-refractivity contribution in [2.75, 3.05) is 6.54 Å². The number of carbonyl (C=O) groups excluding carboxylic acids is 1. The van der Waals surface area contributed by atoms with Crippen molar-refractivity contribution >= 4 is 33.4 Å². The number of nitrogens with one attached hydrogen (secondary N) is 1. The first kappa shape index (κ1) is 13.6. The van der Waals surface area contributed by atoms with E-state index in [-0.39, 0.29) is 5.91 Å². The molecule has 1 N–H and O–H groups in total. The van der Waals surface area contributed by atoms with Crippen LogP contribution in [-0.4, -0.2) is 12.5 Å². The minimum atomic E-state index is -0.0481. The van der Waals surface area contributed by atoms with E-state index >= 15 is 0 Å². The lowest BCUT2D eigenvalue weighted by atomic mass is 9.94. The van der Waals surface area contributed by atoms with E-state index in [0.717, 1.165) is 30.3 Å². The average molecular weight is 329 g/mol. The smallest absolute Gasteiger partial charge is 0.252 e. The van der Waals surface area contributed by atoms with Crippen LogP contribution < -0.4 is 5.32 Å². The Balaban J connectivity index is 1.93. The summed E-state index contributed by atoms with van der Waals surface area (Å²) >= 11 is 9.21. The molecule has 0 aromatic heterocycles. The highest BCUT2D eigenvalue weighted by atomic mass is 79.9. The van der Waals surface area contributed by atoms with Crippen LogP contribution >= 0.6 is 27.5 Å². The zero-order chi connectivity index (χ0) is 13.0. The van der Waals surface area contributed by atoms with Crippen molar-refractivity contribution in [2.45, 2.75) is 19.3 Å². The Labute approximate surface area is 121 Å². The summed E-state index contributed by atoms with van der Waals surface area (Å²) in [5.41, 5.74) is 0.630. The van der Waals surface area contributed by atoms with Gasteiger partial charge in [0.25, 0.3) is 5.91 Å². The van der Waals surface area contributed by atoms with E-state index in [0.29, 0.717) is 16.5 Å². The Morgan fingerprint density at radius 2 is 2.28 bits per heavy atom. The van der Waals surface area contributed by atoms with E-state index in [1.54, 1.807) is 18.2 Å². The molecule has 0 radical (unpaired) electrons. The zero-order valence-electron chi connectivity index (χ0n) is 9.96. The Morgan fingerprint density at radius 1 is 1.44 bits per heavy atom. The highest BCUT2D eigenvalue weighted by Gasteiger charge is 2.14. The molecule has 1 aliphatic rings. The van der Waals surface area contributed by atoms with Gasteiger partial charge in [0, 0.05) is 16.0 Å². The first-order chi connectivity index (χ1) is 8.66. The van der Waals surface area contributed by atoms with Gasteiger partial charge in [-0.25, -0.2) is 0 Å². The molecule has 1 atom stereocenters. The van der Waals surface area contributed by atoms with E-state index in [1.165, 1.54) is 0 Å². The number of hydrogen-bond acceptors (Lipinski definition) is 1. The molecule has 18 heavy (non-hydrogen) atoms. The first-order valence-corrected chi connectivity index (χ1v) is 7.22. The maximum atomic E-state index is 12.0. The fourth-order valence-electron chi connectivity index (χ4n) is 2.05. The Kier molecular flexibility index (Phi) is 4.84. The molecule has 1 aromatic rings. The van der Waals surface area contributed by atoms with Crippen molar-refractivity contribution in [2.24, 2.45) is 5.92 Å². The molecule has 2 nitrogen and oxygen atoms in total. The fraction of sp³-hybridized carbons (Fsp3) is 0.357. The van der Waals surface area contributed by atoms with Crippen molar-refractivity contribution < 1.29 is 4.79 Å². The van der Waals surface area contributed by atoms with Gasteiger partial charge in [0.05, 0.1) is 5.56 Å². The average Bonchev–Trinajstić information content (AvgIpc) is 2.37. The third-order valence-electron chi connectivity index (χ3n) is 3.10. The van der Waals surface area contributed by atoms with Gasteiger partial charge in [-0.15, -0.1) is 0 Å². The van der Waals surface area contributed by atoms with Gasteiger partial charge in [-0.1, -0.05) is 23.8 Å². The minimum Gasteiger partial charge on any atom is -0.352 e. The van der Waals surface area contributed by atoms with Gasteiger partial charge < -0.3 is 5.32 Å². The second-order valence-electron chi connectivity index (χ2n) is 4.48. The molecule has 0 saturated carbocycles. The van der Waals surface area contributed by atoms with Crippen LogP contribution in [0.3, 0.4) is 0 Å². The van der Waals surface area contributed by atoms with Crippen LogP contribution in [0.2, 0.25) is 5.02 Å². The standard InChI is InChI=1S/C14H15BrClNO/c15-13-8-11(16)6-7-12(13)14(18)17-9-10-4-2-1-3-5-10/h1-2,6-8,10H,3-5,9H2,(H,17,18). The van der Waals surface area contributed by atoms with E-state index < -0.39 is 0 Å². The molecule has 4 heteroatoms. The predicted molar refractivity (Wildman–Crippen MR) is 78.0 cm³/mol. The van der Waals surface area contributed by atoms with Crippen molar-refractivity contribution in [3.63, 3.8) is 0 Å². The van der Waals surface area contributed by atoms with Crippen LogP contribution in [0.25, 0.3) is 0 Å². The molecule has 0 spiro atoms. The summed E-state index contributed by atoms with van der Waals surface area (Å²) < 4.78 is 0.732. The molecule has 0 aliphatic heterocycles. The molecule has 0 fully saturated rings. The molecule has 96 valence electrons. The van der Waals surface area contributed by atoms with Crippen LogP contribution in [0.5, 0.6) is 0 Å². The number of carbonyl (C=O) groups is 1. The first-order valence-electron chi connectivity index (χ1n) is 6.05. The normalized spacial score (nSPS) is 18.7. The molecule has 0 saturated heterocycles. The van der Waals surface area contributed by atoms with Crippen LogP contribution in [0, 0.1) is 5.92 Å². The molecule has 1 aliphatic carbocycles. The zero-order valence-corrected chi connectivity index (χ0v) is 12.3. The summed E-state index contributed by atoms with van der Waals surface area (Å²) in [5, 5.41) is 3.60. The van der Waals surface area contributed by atoms with Gasteiger partial charge in [0.15, 0.2) is 0 Å². The Bertz CT molecular complexity index is 473. The molecule has 1 amide bonds. The lowest BCUT2D eigenvalue weighted by Gasteiger charge is -2.18. The molecular formula is C14H15BrClNO. The van der Waals surface area contributed by atoms with Crippen molar-refractivity contribution in [3.05, 3.63) is 45.4 Å². The molecule has 0 bridgehead atoms. The van der Waals surface area contributed by atoms with E-state index in [1.807, 2.05) is 0 Å². The molecule has 2 rings (SSSR count). The molecule has 0 heterocycles. The van der Waals surface area contributed by atoms with Crippen molar-refractivity contribution in [3.8, 4) is 0 Å². The quantitative estimate of drug-likeness (QED) is 0.828. The van der Waals surface area contributed by atoms with E-state index in [9.17, 15) is 4.79 Å². The van der Waals surface area contributed by atoms with Crippen LogP contribution in [0.4, 0.5) is 0 Å². The van der Waals surface area contributed by atoms with E-state index in [4.69, 9.17) is 11.6 Å². The Morgan fingerprint density at radius 3 is 2.94 bits per heavy atom. The maximum Gasteiger partial charge on any atom is 0.252 e. The maximum absolute atomic E-state index is 12.0. The van der Waals surface area contributed by atoms with Crippen LogP contribution in [0.15, 0.2) is 34.8 Å². The number of benzene rings is 1. The molecule has 1 aromatic carbocycles. The fourth-order valence-corrected chi connectivity index (χ4v) is 2.91. The van der Waals surface area contributed by atoms with Gasteiger partial charge in [-0.3, -0.25) is 4.79 Å².